The number of rotatable bonds is 5. The number of aliphatic imine (C=N–C) groups is 1. The summed E-state index contributed by atoms with van der Waals surface area (Å²) in [7, 11) is 1.75. The zero-order chi connectivity index (χ0) is 18.2. The van der Waals surface area contributed by atoms with Gasteiger partial charge in [0.1, 0.15) is 5.82 Å². The highest BCUT2D eigenvalue weighted by atomic mass is 19.1. The van der Waals surface area contributed by atoms with Crippen LogP contribution >= 0.6 is 0 Å². The molecule has 1 N–H and O–H groups in total. The SMILES string of the molecule is CN=C(NCc1ncccc1F)N1CCC(OCC2CCCCO2)CC1. The molecule has 2 saturated heterocycles. The lowest BCUT2D eigenvalue weighted by Gasteiger charge is -2.35. The largest absolute Gasteiger partial charge is 0.376 e. The summed E-state index contributed by atoms with van der Waals surface area (Å²) in [5.74, 6) is 0.483. The van der Waals surface area contributed by atoms with Gasteiger partial charge in [0.25, 0.3) is 0 Å². The van der Waals surface area contributed by atoms with Crippen LogP contribution in [-0.2, 0) is 16.0 Å². The minimum atomic E-state index is -0.299. The van der Waals surface area contributed by atoms with Crippen LogP contribution in [0.3, 0.4) is 0 Å². The molecular weight excluding hydrogens is 335 g/mol. The van der Waals surface area contributed by atoms with E-state index in [0.29, 0.717) is 18.8 Å². The third-order valence-electron chi connectivity index (χ3n) is 4.99. The van der Waals surface area contributed by atoms with E-state index in [-0.39, 0.29) is 18.0 Å². The number of likely N-dealkylation sites (tertiary alicyclic amines) is 1. The van der Waals surface area contributed by atoms with Crippen molar-refractivity contribution in [3.63, 3.8) is 0 Å². The van der Waals surface area contributed by atoms with Crippen molar-refractivity contribution in [2.24, 2.45) is 4.99 Å². The van der Waals surface area contributed by atoms with Crippen LogP contribution in [0, 0.1) is 5.82 Å². The molecule has 6 nitrogen and oxygen atoms in total. The Kier molecular flexibility index (Phi) is 7.20. The van der Waals surface area contributed by atoms with Gasteiger partial charge in [-0.15, -0.1) is 0 Å². The Morgan fingerprint density at radius 2 is 2.23 bits per heavy atom. The maximum absolute atomic E-state index is 13.7. The Bertz CT molecular complexity index is 585. The molecule has 1 unspecified atom stereocenters. The van der Waals surface area contributed by atoms with E-state index >= 15 is 0 Å². The second-order valence-electron chi connectivity index (χ2n) is 6.84. The summed E-state index contributed by atoms with van der Waals surface area (Å²) in [5, 5.41) is 3.21. The predicted octanol–water partition coefficient (Wildman–Crippen LogP) is 2.35. The van der Waals surface area contributed by atoms with Crippen LogP contribution in [0.5, 0.6) is 0 Å². The monoisotopic (exact) mass is 364 g/mol. The fraction of sp³-hybridized carbons (Fsp3) is 0.684. The Labute approximate surface area is 154 Å². The summed E-state index contributed by atoms with van der Waals surface area (Å²) >= 11 is 0. The number of nitrogens with one attached hydrogen (secondary N) is 1. The molecule has 1 aromatic rings. The zero-order valence-electron chi connectivity index (χ0n) is 15.5. The van der Waals surface area contributed by atoms with E-state index in [9.17, 15) is 4.39 Å². The van der Waals surface area contributed by atoms with Gasteiger partial charge in [0.2, 0.25) is 0 Å². The summed E-state index contributed by atoms with van der Waals surface area (Å²) in [6, 6.07) is 3.02. The van der Waals surface area contributed by atoms with Crippen molar-refractivity contribution in [1.29, 1.82) is 0 Å². The fourth-order valence-corrected chi connectivity index (χ4v) is 3.46. The Balaban J connectivity index is 1.40. The summed E-state index contributed by atoms with van der Waals surface area (Å²) in [5.41, 5.74) is 0.402. The normalized spacial score (nSPS) is 22.5. The smallest absolute Gasteiger partial charge is 0.193 e. The lowest BCUT2D eigenvalue weighted by atomic mass is 10.1. The first-order chi connectivity index (χ1) is 12.8. The van der Waals surface area contributed by atoms with Crippen molar-refractivity contribution in [3.05, 3.63) is 29.8 Å². The maximum Gasteiger partial charge on any atom is 0.193 e. The van der Waals surface area contributed by atoms with Gasteiger partial charge < -0.3 is 19.7 Å². The fourth-order valence-electron chi connectivity index (χ4n) is 3.46. The molecule has 26 heavy (non-hydrogen) atoms. The highest BCUT2D eigenvalue weighted by Crippen LogP contribution is 2.18. The highest BCUT2D eigenvalue weighted by Gasteiger charge is 2.23. The van der Waals surface area contributed by atoms with Crippen LogP contribution in [0.25, 0.3) is 0 Å². The van der Waals surface area contributed by atoms with Crippen molar-refractivity contribution in [3.8, 4) is 0 Å². The van der Waals surface area contributed by atoms with Crippen molar-refractivity contribution >= 4 is 5.96 Å². The molecule has 0 amide bonds. The van der Waals surface area contributed by atoms with Crippen molar-refractivity contribution < 1.29 is 13.9 Å². The summed E-state index contributed by atoms with van der Waals surface area (Å²) in [4.78, 5) is 10.6. The van der Waals surface area contributed by atoms with Gasteiger partial charge in [-0.05, 0) is 44.2 Å². The lowest BCUT2D eigenvalue weighted by Crippen LogP contribution is -2.47. The molecule has 2 fully saturated rings. The molecule has 0 saturated carbocycles. The van der Waals surface area contributed by atoms with E-state index < -0.39 is 0 Å². The van der Waals surface area contributed by atoms with Gasteiger partial charge in [-0.1, -0.05) is 0 Å². The number of guanidine groups is 1. The van der Waals surface area contributed by atoms with Crippen molar-refractivity contribution in [2.45, 2.75) is 50.9 Å². The Morgan fingerprint density at radius 1 is 1.38 bits per heavy atom. The average Bonchev–Trinajstić information content (AvgIpc) is 2.70. The first kappa shape index (κ1) is 19.0. The van der Waals surface area contributed by atoms with E-state index in [2.05, 4.69) is 20.2 Å². The van der Waals surface area contributed by atoms with Gasteiger partial charge in [-0.2, -0.15) is 0 Å². The molecule has 0 aromatic carbocycles. The summed E-state index contributed by atoms with van der Waals surface area (Å²) in [6.07, 6.45) is 7.60. The molecule has 0 aliphatic carbocycles. The van der Waals surface area contributed by atoms with Crippen molar-refractivity contribution in [1.82, 2.24) is 15.2 Å². The van der Waals surface area contributed by atoms with Crippen molar-refractivity contribution in [2.75, 3.05) is 33.4 Å². The van der Waals surface area contributed by atoms with E-state index in [1.807, 2.05) is 0 Å². The quantitative estimate of drug-likeness (QED) is 0.642. The molecule has 0 spiro atoms. The van der Waals surface area contributed by atoms with Gasteiger partial charge in [0.15, 0.2) is 5.96 Å². The topological polar surface area (TPSA) is 59.0 Å². The number of hydrogen-bond acceptors (Lipinski definition) is 4. The van der Waals surface area contributed by atoms with Gasteiger partial charge in [-0.25, -0.2) is 4.39 Å². The molecule has 3 rings (SSSR count). The molecule has 0 radical (unpaired) electrons. The van der Waals surface area contributed by atoms with Gasteiger partial charge in [0, 0.05) is 32.9 Å². The average molecular weight is 364 g/mol. The zero-order valence-corrected chi connectivity index (χ0v) is 15.5. The first-order valence-electron chi connectivity index (χ1n) is 9.54. The molecule has 7 heteroatoms. The minimum Gasteiger partial charge on any atom is -0.376 e. The second kappa shape index (κ2) is 9.83. The highest BCUT2D eigenvalue weighted by molar-refractivity contribution is 5.79. The lowest BCUT2D eigenvalue weighted by molar-refractivity contribution is -0.0721. The Hall–Kier alpha value is -1.73. The maximum atomic E-state index is 13.7. The van der Waals surface area contributed by atoms with E-state index in [4.69, 9.17) is 9.47 Å². The second-order valence-corrected chi connectivity index (χ2v) is 6.84. The standard InChI is InChI=1S/C19H29FN4O2/c1-21-19(23-13-18-17(20)6-4-9-22-18)24-10-7-15(8-11-24)26-14-16-5-2-3-12-25-16/h4,6,9,15-16H,2-3,5,7-8,10-14H2,1H3,(H,21,23). The first-order valence-corrected chi connectivity index (χ1v) is 9.54. The number of halogens is 1. The molecule has 144 valence electrons. The molecule has 2 aliphatic rings. The van der Waals surface area contributed by atoms with Gasteiger partial charge in [-0.3, -0.25) is 9.98 Å². The summed E-state index contributed by atoms with van der Waals surface area (Å²) in [6.45, 7) is 3.65. The minimum absolute atomic E-state index is 0.268. The van der Waals surface area contributed by atoms with Crippen LogP contribution in [0.4, 0.5) is 4.39 Å². The number of piperidine rings is 1. The number of hydrogen-bond donors (Lipinski definition) is 1. The number of aromatic nitrogens is 1. The van der Waals surface area contributed by atoms with Crippen LogP contribution < -0.4 is 5.32 Å². The van der Waals surface area contributed by atoms with Crippen LogP contribution in [-0.4, -0.2) is 61.4 Å². The third-order valence-corrected chi connectivity index (χ3v) is 4.99. The van der Waals surface area contributed by atoms with Gasteiger partial charge >= 0.3 is 0 Å². The third kappa shape index (κ3) is 5.38. The molecular formula is C19H29FN4O2. The number of ether oxygens (including phenoxy) is 2. The van der Waals surface area contributed by atoms with E-state index in [0.717, 1.165) is 44.9 Å². The predicted molar refractivity (Wildman–Crippen MR) is 98.5 cm³/mol. The van der Waals surface area contributed by atoms with Crippen LogP contribution in [0.15, 0.2) is 23.3 Å². The molecule has 2 aliphatic heterocycles. The van der Waals surface area contributed by atoms with E-state index in [1.54, 1.807) is 19.3 Å². The van der Waals surface area contributed by atoms with Gasteiger partial charge in [0.05, 0.1) is 31.1 Å². The summed E-state index contributed by atoms with van der Waals surface area (Å²) < 4.78 is 25.5. The molecule has 3 heterocycles. The molecule has 1 atom stereocenters. The van der Waals surface area contributed by atoms with Crippen LogP contribution in [0.2, 0.25) is 0 Å². The number of nitrogens with zero attached hydrogens (tertiary/aromatic N) is 3. The van der Waals surface area contributed by atoms with Crippen LogP contribution in [0.1, 0.15) is 37.8 Å². The molecule has 0 bridgehead atoms. The molecule has 1 aromatic heterocycles. The number of pyridine rings is 1. The van der Waals surface area contributed by atoms with E-state index in [1.165, 1.54) is 18.9 Å². The Morgan fingerprint density at radius 3 is 2.92 bits per heavy atom.